The van der Waals surface area contributed by atoms with Gasteiger partial charge in [-0.1, -0.05) is 180 Å². The van der Waals surface area contributed by atoms with E-state index in [1.165, 1.54) is 173 Å². The number of rotatable bonds is 28. The minimum atomic E-state index is -4.33. The van der Waals surface area contributed by atoms with Gasteiger partial charge < -0.3 is 4.55 Å². The van der Waals surface area contributed by atoms with Gasteiger partial charge in [0.1, 0.15) is 10.1 Å². The fourth-order valence-corrected chi connectivity index (χ4v) is 5.94. The van der Waals surface area contributed by atoms with Gasteiger partial charge in [-0.2, -0.15) is 0 Å². The van der Waals surface area contributed by atoms with E-state index in [4.69, 9.17) is 0 Å². The third-order valence-corrected chi connectivity index (χ3v) is 8.88. The van der Waals surface area contributed by atoms with E-state index in [-0.39, 0.29) is 56.3 Å². The Hall–Kier alpha value is 0.766. The zero-order chi connectivity index (χ0) is 27.6. The van der Waals surface area contributed by atoms with Gasteiger partial charge in [-0.25, -0.2) is 8.42 Å². The van der Waals surface area contributed by atoms with Gasteiger partial charge in [0.2, 0.25) is 0 Å². The van der Waals surface area contributed by atoms with Crippen molar-refractivity contribution >= 4 is 10.1 Å². The SMILES string of the molecule is CCCCCCCCCCCCCCCCCCCCCCCCCCCCc1ccc(S(=O)(=O)[O-])cc1.[K+]. The van der Waals surface area contributed by atoms with Crippen molar-refractivity contribution in [1.29, 1.82) is 0 Å². The molecule has 0 aromatic heterocycles. The maximum Gasteiger partial charge on any atom is 1.00 e. The molecule has 0 radical (unpaired) electrons. The molecule has 222 valence electrons. The number of benzene rings is 1. The van der Waals surface area contributed by atoms with Crippen molar-refractivity contribution in [3.63, 3.8) is 0 Å². The average molecular weight is 589 g/mol. The van der Waals surface area contributed by atoms with Crippen molar-refractivity contribution < 1.29 is 64.4 Å². The van der Waals surface area contributed by atoms with Crippen LogP contribution in [0.1, 0.15) is 179 Å². The first kappa shape index (κ1) is 39.8. The number of unbranched alkanes of at least 4 members (excludes halogenated alkanes) is 25. The van der Waals surface area contributed by atoms with Crippen molar-refractivity contribution in [2.45, 2.75) is 185 Å². The summed E-state index contributed by atoms with van der Waals surface area (Å²) in [5.74, 6) is 0. The predicted octanol–water partition coefficient (Wildman–Crippen LogP) is 8.30. The van der Waals surface area contributed by atoms with Crippen LogP contribution in [0.25, 0.3) is 0 Å². The van der Waals surface area contributed by atoms with E-state index in [1.807, 2.05) is 0 Å². The maximum absolute atomic E-state index is 11.0. The summed E-state index contributed by atoms with van der Waals surface area (Å²) in [6.45, 7) is 2.29. The van der Waals surface area contributed by atoms with Crippen LogP contribution in [0, 0.1) is 0 Å². The topological polar surface area (TPSA) is 57.2 Å². The molecule has 0 aliphatic heterocycles. The summed E-state index contributed by atoms with van der Waals surface area (Å²) in [6, 6.07) is 6.39. The molecule has 0 unspecified atom stereocenters. The van der Waals surface area contributed by atoms with Crippen LogP contribution in [-0.4, -0.2) is 13.0 Å². The third-order valence-electron chi connectivity index (χ3n) is 8.03. The monoisotopic (exact) mass is 588 g/mol. The van der Waals surface area contributed by atoms with Gasteiger partial charge in [0.15, 0.2) is 0 Å². The Morgan fingerprint density at radius 3 is 0.974 bits per heavy atom. The van der Waals surface area contributed by atoms with Crippen LogP contribution in [-0.2, 0) is 16.5 Å². The minimum Gasteiger partial charge on any atom is -0.744 e. The van der Waals surface area contributed by atoms with Crippen molar-refractivity contribution in [3.8, 4) is 0 Å². The molecule has 39 heavy (non-hydrogen) atoms. The molecule has 0 saturated heterocycles. The summed E-state index contributed by atoms with van der Waals surface area (Å²) in [5, 5.41) is 0. The van der Waals surface area contributed by atoms with E-state index in [1.54, 1.807) is 12.1 Å². The van der Waals surface area contributed by atoms with E-state index < -0.39 is 10.1 Å². The van der Waals surface area contributed by atoms with Gasteiger partial charge >= 0.3 is 51.4 Å². The Bertz CT molecular complexity index is 733. The molecule has 0 aliphatic rings. The molecule has 0 fully saturated rings. The van der Waals surface area contributed by atoms with Crippen LogP contribution in [0.4, 0.5) is 0 Å². The molecule has 0 bridgehead atoms. The van der Waals surface area contributed by atoms with Gasteiger partial charge in [0.25, 0.3) is 0 Å². The van der Waals surface area contributed by atoms with Gasteiger partial charge in [0.05, 0.1) is 4.90 Å². The normalized spacial score (nSPS) is 11.5. The molecule has 0 aliphatic carbocycles. The molecular weight excluding hydrogens is 528 g/mol. The quantitative estimate of drug-likeness (QED) is 0.0562. The summed E-state index contributed by atoms with van der Waals surface area (Å²) in [6.07, 6.45) is 37.5. The summed E-state index contributed by atoms with van der Waals surface area (Å²) in [7, 11) is -4.33. The van der Waals surface area contributed by atoms with Crippen molar-refractivity contribution in [2.75, 3.05) is 0 Å². The standard InChI is InChI=1S/C34H62O3S.K/c1-2-3-4-5-6-7-8-9-10-11-12-13-14-15-16-17-18-19-20-21-22-23-24-25-26-27-28-33-29-31-34(32-30-33)38(35,36)37;/h29-32H,2-28H2,1H3,(H,35,36,37);/q;+1/p-1. The van der Waals surface area contributed by atoms with E-state index in [0.29, 0.717) is 0 Å². The van der Waals surface area contributed by atoms with E-state index in [9.17, 15) is 13.0 Å². The number of hydrogen-bond acceptors (Lipinski definition) is 3. The first-order valence-corrected chi connectivity index (χ1v) is 18.0. The molecule has 5 heteroatoms. The molecule has 0 atom stereocenters. The predicted molar refractivity (Wildman–Crippen MR) is 164 cm³/mol. The molecule has 3 nitrogen and oxygen atoms in total. The van der Waals surface area contributed by atoms with Crippen molar-refractivity contribution in [3.05, 3.63) is 29.8 Å². The molecule has 0 N–H and O–H groups in total. The van der Waals surface area contributed by atoms with Gasteiger partial charge in [-0.05, 0) is 30.5 Å². The van der Waals surface area contributed by atoms with Crippen LogP contribution < -0.4 is 51.4 Å². The molecule has 0 spiro atoms. The molecular formula is C34H61KO3S. The smallest absolute Gasteiger partial charge is 0.744 e. The zero-order valence-corrected chi connectivity index (χ0v) is 30.0. The van der Waals surface area contributed by atoms with E-state index in [0.717, 1.165) is 18.4 Å². The van der Waals surface area contributed by atoms with Crippen LogP contribution in [0.5, 0.6) is 0 Å². The Kier molecular flexibility index (Phi) is 29.4. The Labute approximate surface area is 286 Å². The van der Waals surface area contributed by atoms with Crippen LogP contribution in [0.15, 0.2) is 29.2 Å². The third kappa shape index (κ3) is 26.1. The number of aryl methyl sites for hydroxylation is 1. The van der Waals surface area contributed by atoms with Gasteiger partial charge in [-0.3, -0.25) is 0 Å². The first-order chi connectivity index (χ1) is 18.5. The Morgan fingerprint density at radius 2 is 0.718 bits per heavy atom. The van der Waals surface area contributed by atoms with Crippen molar-refractivity contribution in [1.82, 2.24) is 0 Å². The zero-order valence-electron chi connectivity index (χ0n) is 26.0. The second-order valence-electron chi connectivity index (χ2n) is 11.7. The van der Waals surface area contributed by atoms with E-state index >= 15 is 0 Å². The van der Waals surface area contributed by atoms with Crippen LogP contribution in [0.3, 0.4) is 0 Å². The molecule has 0 heterocycles. The van der Waals surface area contributed by atoms with Gasteiger partial charge in [0, 0.05) is 0 Å². The molecule has 0 saturated carbocycles. The number of hydrogen-bond donors (Lipinski definition) is 0. The molecule has 0 amide bonds. The summed E-state index contributed by atoms with van der Waals surface area (Å²) < 4.78 is 32.9. The van der Waals surface area contributed by atoms with E-state index in [2.05, 4.69) is 6.92 Å². The Morgan fingerprint density at radius 1 is 0.462 bits per heavy atom. The maximum atomic E-state index is 11.0. The second-order valence-corrected chi connectivity index (χ2v) is 13.1. The summed E-state index contributed by atoms with van der Waals surface area (Å²) >= 11 is 0. The fraction of sp³-hybridized carbons (Fsp3) is 0.824. The molecule has 1 aromatic carbocycles. The van der Waals surface area contributed by atoms with Gasteiger partial charge in [-0.15, -0.1) is 0 Å². The molecule has 1 rings (SSSR count). The molecule has 1 aromatic rings. The minimum absolute atomic E-state index is 0. The van der Waals surface area contributed by atoms with Crippen molar-refractivity contribution in [2.24, 2.45) is 0 Å². The summed E-state index contributed by atoms with van der Waals surface area (Å²) in [5.41, 5.74) is 1.11. The van der Waals surface area contributed by atoms with Crippen LogP contribution >= 0.6 is 0 Å². The second kappa shape index (κ2) is 28.9. The summed E-state index contributed by atoms with van der Waals surface area (Å²) in [4.78, 5) is -0.133. The van der Waals surface area contributed by atoms with Crippen LogP contribution in [0.2, 0.25) is 0 Å². The first-order valence-electron chi connectivity index (χ1n) is 16.6. The fourth-order valence-electron chi connectivity index (χ4n) is 5.47. The Balaban J connectivity index is 0.0000144. The largest absolute Gasteiger partial charge is 1.00 e. The average Bonchev–Trinajstić information content (AvgIpc) is 2.90.